The number of carbonyl (C=O) groups excluding carboxylic acids is 1. The molecule has 0 bridgehead atoms. The van der Waals surface area contributed by atoms with Crippen molar-refractivity contribution in [1.82, 2.24) is 5.32 Å². The van der Waals surface area contributed by atoms with Crippen molar-refractivity contribution >= 4 is 17.6 Å². The SMILES string of the molecule is O=C(O)C1CN(C(=O)C2CC(O)CN2)c2ccccc21. The second kappa shape index (κ2) is 4.88. The van der Waals surface area contributed by atoms with Crippen LogP contribution in [0.2, 0.25) is 0 Å². The molecule has 0 saturated carbocycles. The molecule has 2 aliphatic heterocycles. The van der Waals surface area contributed by atoms with Crippen LogP contribution in [0.5, 0.6) is 0 Å². The van der Waals surface area contributed by atoms with Crippen molar-refractivity contribution in [1.29, 1.82) is 0 Å². The number of anilines is 1. The van der Waals surface area contributed by atoms with Crippen molar-refractivity contribution in [2.45, 2.75) is 24.5 Å². The van der Waals surface area contributed by atoms with Crippen LogP contribution in [0.4, 0.5) is 5.69 Å². The summed E-state index contributed by atoms with van der Waals surface area (Å²) >= 11 is 0. The predicted octanol–water partition coefficient (Wildman–Crippen LogP) is -0.0758. The van der Waals surface area contributed by atoms with Crippen LogP contribution in [0.25, 0.3) is 0 Å². The Morgan fingerprint density at radius 3 is 2.70 bits per heavy atom. The number of benzene rings is 1. The minimum Gasteiger partial charge on any atom is -0.481 e. The first-order valence-electron chi connectivity index (χ1n) is 6.62. The van der Waals surface area contributed by atoms with E-state index in [4.69, 9.17) is 0 Å². The molecule has 1 saturated heterocycles. The Morgan fingerprint density at radius 1 is 1.30 bits per heavy atom. The highest BCUT2D eigenvalue weighted by molar-refractivity contribution is 6.01. The number of nitrogens with one attached hydrogen (secondary N) is 1. The number of nitrogens with zero attached hydrogens (tertiary/aromatic N) is 1. The fraction of sp³-hybridized carbons (Fsp3) is 0.429. The summed E-state index contributed by atoms with van der Waals surface area (Å²) in [6.07, 6.45) is -0.146. The van der Waals surface area contributed by atoms with E-state index in [1.165, 1.54) is 4.90 Å². The standard InChI is InChI=1S/C14H16N2O4/c17-8-5-11(15-6-8)13(18)16-7-10(14(19)20)9-3-1-2-4-12(9)16/h1-4,8,10-11,15,17H,5-7H2,(H,19,20). The van der Waals surface area contributed by atoms with Gasteiger partial charge < -0.3 is 20.4 Å². The van der Waals surface area contributed by atoms with Gasteiger partial charge in [-0.05, 0) is 18.1 Å². The first-order chi connectivity index (χ1) is 9.58. The quantitative estimate of drug-likeness (QED) is 0.703. The predicted molar refractivity (Wildman–Crippen MR) is 71.6 cm³/mol. The Morgan fingerprint density at radius 2 is 2.05 bits per heavy atom. The van der Waals surface area contributed by atoms with E-state index in [1.54, 1.807) is 24.3 Å². The number of fused-ring (bicyclic) bond motifs is 1. The van der Waals surface area contributed by atoms with Gasteiger partial charge in [0.1, 0.15) is 5.92 Å². The van der Waals surface area contributed by atoms with E-state index < -0.39 is 24.0 Å². The van der Waals surface area contributed by atoms with Crippen molar-refractivity contribution in [3.63, 3.8) is 0 Å². The molecule has 1 fully saturated rings. The first-order valence-corrected chi connectivity index (χ1v) is 6.62. The van der Waals surface area contributed by atoms with E-state index in [-0.39, 0.29) is 12.5 Å². The third kappa shape index (κ3) is 2.07. The van der Waals surface area contributed by atoms with Crippen LogP contribution < -0.4 is 10.2 Å². The van der Waals surface area contributed by atoms with Crippen LogP contribution in [0.1, 0.15) is 17.9 Å². The molecular formula is C14H16N2O4. The van der Waals surface area contributed by atoms with Gasteiger partial charge in [-0.25, -0.2) is 0 Å². The summed E-state index contributed by atoms with van der Waals surface area (Å²) in [5, 5.41) is 21.7. The number of amides is 1. The maximum atomic E-state index is 12.5. The van der Waals surface area contributed by atoms with Gasteiger partial charge in [0, 0.05) is 18.8 Å². The van der Waals surface area contributed by atoms with Gasteiger partial charge in [-0.2, -0.15) is 0 Å². The monoisotopic (exact) mass is 276 g/mol. The number of para-hydroxylation sites is 1. The molecule has 2 heterocycles. The van der Waals surface area contributed by atoms with E-state index in [1.807, 2.05) is 0 Å². The van der Waals surface area contributed by atoms with Crippen molar-refractivity contribution in [2.24, 2.45) is 0 Å². The zero-order chi connectivity index (χ0) is 14.3. The lowest BCUT2D eigenvalue weighted by Gasteiger charge is -2.21. The molecule has 1 aromatic carbocycles. The number of aliphatic hydroxyl groups excluding tert-OH is 1. The number of aliphatic hydroxyl groups is 1. The molecule has 20 heavy (non-hydrogen) atoms. The van der Waals surface area contributed by atoms with Gasteiger partial charge in [0.05, 0.1) is 12.1 Å². The molecule has 0 aromatic heterocycles. The summed E-state index contributed by atoms with van der Waals surface area (Å²) in [5.41, 5.74) is 1.33. The van der Waals surface area contributed by atoms with Crippen LogP contribution in [-0.2, 0) is 9.59 Å². The molecule has 3 unspecified atom stereocenters. The van der Waals surface area contributed by atoms with Gasteiger partial charge in [0.25, 0.3) is 0 Å². The van der Waals surface area contributed by atoms with Crippen LogP contribution in [0.15, 0.2) is 24.3 Å². The number of carboxylic acids is 1. The first kappa shape index (κ1) is 13.1. The van der Waals surface area contributed by atoms with Gasteiger partial charge >= 0.3 is 5.97 Å². The molecule has 0 aliphatic carbocycles. The van der Waals surface area contributed by atoms with Crippen molar-refractivity contribution in [2.75, 3.05) is 18.0 Å². The van der Waals surface area contributed by atoms with E-state index >= 15 is 0 Å². The molecule has 6 nitrogen and oxygen atoms in total. The lowest BCUT2D eigenvalue weighted by Crippen LogP contribution is -2.43. The van der Waals surface area contributed by atoms with E-state index in [2.05, 4.69) is 5.32 Å². The highest BCUT2D eigenvalue weighted by atomic mass is 16.4. The molecule has 0 spiro atoms. The van der Waals surface area contributed by atoms with Crippen LogP contribution in [0, 0.1) is 0 Å². The van der Waals surface area contributed by atoms with Crippen LogP contribution >= 0.6 is 0 Å². The smallest absolute Gasteiger partial charge is 0.312 e. The van der Waals surface area contributed by atoms with E-state index in [9.17, 15) is 19.8 Å². The zero-order valence-corrected chi connectivity index (χ0v) is 10.8. The Hall–Kier alpha value is -1.92. The van der Waals surface area contributed by atoms with Gasteiger partial charge in [0.15, 0.2) is 0 Å². The molecule has 2 aliphatic rings. The fourth-order valence-corrected chi connectivity index (χ4v) is 2.92. The molecule has 3 atom stereocenters. The van der Waals surface area contributed by atoms with E-state index in [0.717, 1.165) is 0 Å². The van der Waals surface area contributed by atoms with Gasteiger partial charge in [0.2, 0.25) is 5.91 Å². The molecule has 1 amide bonds. The maximum Gasteiger partial charge on any atom is 0.312 e. The Labute approximate surface area is 116 Å². The number of carbonyl (C=O) groups is 2. The molecule has 106 valence electrons. The summed E-state index contributed by atoms with van der Waals surface area (Å²) in [6.45, 7) is 0.552. The Balaban J connectivity index is 1.88. The second-order valence-electron chi connectivity index (χ2n) is 5.25. The summed E-state index contributed by atoms with van der Waals surface area (Å²) in [6, 6.07) is 6.64. The topological polar surface area (TPSA) is 89.9 Å². The maximum absolute atomic E-state index is 12.5. The summed E-state index contributed by atoms with van der Waals surface area (Å²) in [7, 11) is 0. The Kier molecular flexibility index (Phi) is 3.19. The minimum atomic E-state index is -0.924. The van der Waals surface area contributed by atoms with Crippen molar-refractivity contribution in [3.05, 3.63) is 29.8 Å². The second-order valence-corrected chi connectivity index (χ2v) is 5.25. The van der Waals surface area contributed by atoms with Gasteiger partial charge in [-0.15, -0.1) is 0 Å². The molecular weight excluding hydrogens is 260 g/mol. The van der Waals surface area contributed by atoms with Gasteiger partial charge in [-0.3, -0.25) is 9.59 Å². The number of hydrogen-bond donors (Lipinski definition) is 3. The number of β-amino-alcohol motifs (C(OH)–C–C–N with tert-alkyl or cyclic N) is 1. The number of rotatable bonds is 2. The third-order valence-electron chi connectivity index (χ3n) is 3.94. The fourth-order valence-electron chi connectivity index (χ4n) is 2.92. The number of carboxylic acid groups (broad SMARTS) is 1. The molecule has 0 radical (unpaired) electrons. The molecule has 1 aromatic rings. The lowest BCUT2D eigenvalue weighted by molar-refractivity contribution is -0.138. The zero-order valence-electron chi connectivity index (χ0n) is 10.8. The normalized spacial score (nSPS) is 28.4. The molecule has 3 N–H and O–H groups in total. The van der Waals surface area contributed by atoms with Gasteiger partial charge in [-0.1, -0.05) is 18.2 Å². The van der Waals surface area contributed by atoms with Crippen molar-refractivity contribution in [3.8, 4) is 0 Å². The number of hydrogen-bond acceptors (Lipinski definition) is 4. The summed E-state index contributed by atoms with van der Waals surface area (Å²) in [5.74, 6) is -1.77. The Bertz CT molecular complexity index is 560. The van der Waals surface area contributed by atoms with Crippen LogP contribution in [-0.4, -0.2) is 47.3 Å². The largest absolute Gasteiger partial charge is 0.481 e. The van der Waals surface area contributed by atoms with E-state index in [0.29, 0.717) is 24.2 Å². The lowest BCUT2D eigenvalue weighted by atomic mass is 10.0. The minimum absolute atomic E-state index is 0.155. The average molecular weight is 276 g/mol. The highest BCUT2D eigenvalue weighted by Crippen LogP contribution is 2.36. The summed E-state index contributed by atoms with van der Waals surface area (Å²) < 4.78 is 0. The van der Waals surface area contributed by atoms with Crippen LogP contribution in [0.3, 0.4) is 0 Å². The summed E-state index contributed by atoms with van der Waals surface area (Å²) in [4.78, 5) is 25.3. The molecule has 6 heteroatoms. The third-order valence-corrected chi connectivity index (χ3v) is 3.94. The highest BCUT2D eigenvalue weighted by Gasteiger charge is 2.40. The average Bonchev–Trinajstić information content (AvgIpc) is 3.02. The van der Waals surface area contributed by atoms with Crippen molar-refractivity contribution < 1.29 is 19.8 Å². The molecule has 3 rings (SSSR count). The number of aliphatic carboxylic acids is 1.